The van der Waals surface area contributed by atoms with Crippen LogP contribution in [0, 0.1) is 6.92 Å². The van der Waals surface area contributed by atoms with Crippen molar-refractivity contribution in [3.05, 3.63) is 29.8 Å². The second-order valence-corrected chi connectivity index (χ2v) is 5.25. The maximum absolute atomic E-state index is 5.80. The number of aryl methyl sites for hydroxylation is 1. The van der Waals surface area contributed by atoms with Crippen molar-refractivity contribution >= 4 is 32.5 Å². The minimum atomic E-state index is -0.708. The van der Waals surface area contributed by atoms with Crippen LogP contribution in [0.1, 0.15) is 5.56 Å². The maximum atomic E-state index is 5.80. The Kier molecular flexibility index (Phi) is 2.86. The van der Waals surface area contributed by atoms with Crippen molar-refractivity contribution in [3.8, 4) is 0 Å². The monoisotopic (exact) mass is 246 g/mol. The number of rotatable bonds is 1. The third-order valence-corrected chi connectivity index (χ3v) is 4.79. The van der Waals surface area contributed by atoms with E-state index in [0.717, 1.165) is 0 Å². The van der Waals surface area contributed by atoms with E-state index in [1.807, 2.05) is 12.1 Å². The van der Waals surface area contributed by atoms with Gasteiger partial charge in [0.2, 0.25) is 0 Å². The van der Waals surface area contributed by atoms with E-state index in [9.17, 15) is 0 Å². The molecule has 9 heavy (non-hydrogen) atoms. The van der Waals surface area contributed by atoms with Gasteiger partial charge in [0, 0.05) is 0 Å². The molecule has 2 heteroatoms. The minimum absolute atomic E-state index is 0.708. The van der Waals surface area contributed by atoms with E-state index in [1.165, 1.54) is 9.14 Å². The third-order valence-electron chi connectivity index (χ3n) is 1.25. The molecule has 0 bridgehead atoms. The van der Waals surface area contributed by atoms with Gasteiger partial charge in [0.25, 0.3) is 0 Å². The van der Waals surface area contributed by atoms with Crippen molar-refractivity contribution in [1.29, 1.82) is 0 Å². The normalized spacial score (nSPS) is 9.56. The molecule has 0 saturated carbocycles. The van der Waals surface area contributed by atoms with Gasteiger partial charge in [-0.15, -0.1) is 0 Å². The van der Waals surface area contributed by atoms with Crippen molar-refractivity contribution in [2.24, 2.45) is 0 Å². The summed E-state index contributed by atoms with van der Waals surface area (Å²) in [6, 6.07) is 8.32. The van der Waals surface area contributed by atoms with Gasteiger partial charge in [-0.25, -0.2) is 0 Å². The van der Waals surface area contributed by atoms with Crippen molar-refractivity contribution < 1.29 is 0 Å². The fraction of sp³-hybridized carbons (Fsp3) is 0.143. The van der Waals surface area contributed by atoms with Gasteiger partial charge in [0.15, 0.2) is 0 Å². The Labute approximate surface area is 69.2 Å². The average molecular weight is 245 g/mol. The Bertz CT molecular complexity index is 198. The second kappa shape index (κ2) is 3.47. The molecule has 0 N–H and O–H groups in total. The van der Waals surface area contributed by atoms with Crippen LogP contribution in [0.4, 0.5) is 0 Å². The predicted octanol–water partition coefficient (Wildman–Crippen LogP) is 1.48. The van der Waals surface area contributed by atoms with E-state index >= 15 is 0 Å². The van der Waals surface area contributed by atoms with Crippen molar-refractivity contribution in [1.82, 2.24) is 0 Å². The number of hydrogen-bond acceptors (Lipinski definition) is 0. The molecule has 46 valence electrons. The summed E-state index contributed by atoms with van der Waals surface area (Å²) in [4.78, 5) is 0. The Morgan fingerprint density at radius 2 is 2.00 bits per heavy atom. The molecule has 0 atom stereocenters. The van der Waals surface area contributed by atoms with Crippen LogP contribution in [0.5, 0.6) is 0 Å². The molecule has 0 spiro atoms. The molecule has 2 radical (unpaired) electrons. The van der Waals surface area contributed by atoms with E-state index in [1.54, 1.807) is 0 Å². The van der Waals surface area contributed by atoms with Crippen LogP contribution in [0.3, 0.4) is 0 Å². The predicted molar refractivity (Wildman–Crippen MR) is 42.4 cm³/mol. The van der Waals surface area contributed by atoms with Gasteiger partial charge in [-0.2, -0.15) is 0 Å². The zero-order valence-electron chi connectivity index (χ0n) is 5.19. The zero-order chi connectivity index (χ0) is 6.69. The van der Waals surface area contributed by atoms with E-state index in [2.05, 4.69) is 19.1 Å². The molecule has 0 aliphatic heterocycles. The summed E-state index contributed by atoms with van der Waals surface area (Å²) < 4.78 is 1.39. The summed E-state index contributed by atoms with van der Waals surface area (Å²) in [6.45, 7) is 2.11. The summed E-state index contributed by atoms with van der Waals surface area (Å²) in [5.41, 5.74) is 1.35. The molecule has 1 aromatic carbocycles. The van der Waals surface area contributed by atoms with Crippen LogP contribution in [0.2, 0.25) is 0 Å². The summed E-state index contributed by atoms with van der Waals surface area (Å²) >= 11 is -0.708. The quantitative estimate of drug-likeness (QED) is 0.657. The standard InChI is InChI=1S/C7H7.ClH.Sn/c1-7-5-3-2-4-6-7;;/h2-5H,1H3;1H;/q;;+1/p-1. The first-order valence-electron chi connectivity index (χ1n) is 2.77. The molecule has 0 heterocycles. The molecule has 0 unspecified atom stereocenters. The van der Waals surface area contributed by atoms with Crippen LogP contribution in [-0.2, 0) is 0 Å². The molecule has 0 aliphatic rings. The summed E-state index contributed by atoms with van der Waals surface area (Å²) in [7, 11) is 5.80. The molecule has 0 fully saturated rings. The van der Waals surface area contributed by atoms with Gasteiger partial charge in [-0.1, -0.05) is 0 Å². The molecule has 0 nitrogen and oxygen atoms in total. The van der Waals surface area contributed by atoms with Crippen molar-refractivity contribution in [2.45, 2.75) is 6.92 Å². The van der Waals surface area contributed by atoms with Crippen LogP contribution < -0.4 is 3.58 Å². The Balaban J connectivity index is 3.01. The molecule has 0 amide bonds. The van der Waals surface area contributed by atoms with E-state index in [0.29, 0.717) is 0 Å². The van der Waals surface area contributed by atoms with Crippen LogP contribution in [0.25, 0.3) is 0 Å². The number of benzene rings is 1. The summed E-state index contributed by atoms with van der Waals surface area (Å²) in [5, 5.41) is 0. The van der Waals surface area contributed by atoms with Gasteiger partial charge >= 0.3 is 69.3 Å². The van der Waals surface area contributed by atoms with Gasteiger partial charge in [0.05, 0.1) is 0 Å². The Morgan fingerprint density at radius 1 is 1.33 bits per heavy atom. The van der Waals surface area contributed by atoms with Crippen molar-refractivity contribution in [2.75, 3.05) is 0 Å². The summed E-state index contributed by atoms with van der Waals surface area (Å²) in [6.07, 6.45) is 0. The Morgan fingerprint density at radius 3 is 2.44 bits per heavy atom. The first-order valence-corrected chi connectivity index (χ1v) is 7.81. The van der Waals surface area contributed by atoms with E-state index in [-0.39, 0.29) is 0 Å². The van der Waals surface area contributed by atoms with E-state index < -0.39 is 20.0 Å². The summed E-state index contributed by atoms with van der Waals surface area (Å²) in [5.74, 6) is 0. The number of hydrogen-bond donors (Lipinski definition) is 0. The van der Waals surface area contributed by atoms with Gasteiger partial charge < -0.3 is 0 Å². The molecule has 0 saturated heterocycles. The van der Waals surface area contributed by atoms with Gasteiger partial charge in [-0.05, 0) is 0 Å². The third kappa shape index (κ3) is 1.87. The van der Waals surface area contributed by atoms with Gasteiger partial charge in [0.1, 0.15) is 0 Å². The SMILES string of the molecule is Cc1cccc[c]1[Sn][Cl]. The fourth-order valence-corrected chi connectivity index (χ4v) is 3.22. The van der Waals surface area contributed by atoms with Gasteiger partial charge in [-0.3, -0.25) is 0 Å². The van der Waals surface area contributed by atoms with E-state index in [4.69, 9.17) is 8.92 Å². The fourth-order valence-electron chi connectivity index (χ4n) is 0.679. The Hall–Kier alpha value is 0.309. The topological polar surface area (TPSA) is 0 Å². The molecular formula is C7H7ClSn. The molecule has 1 rings (SSSR count). The molecular weight excluding hydrogens is 238 g/mol. The first-order chi connectivity index (χ1) is 4.34. The van der Waals surface area contributed by atoms with Crippen LogP contribution in [-0.4, -0.2) is 20.0 Å². The average Bonchev–Trinajstić information content (AvgIpc) is 1.89. The molecule has 0 aromatic heterocycles. The molecule has 1 aromatic rings. The number of halogens is 1. The zero-order valence-corrected chi connectivity index (χ0v) is 8.80. The molecule has 0 aliphatic carbocycles. The van der Waals surface area contributed by atoms with Crippen LogP contribution >= 0.6 is 8.92 Å². The first kappa shape index (κ1) is 7.42. The van der Waals surface area contributed by atoms with Crippen LogP contribution in [0.15, 0.2) is 24.3 Å². The second-order valence-electron chi connectivity index (χ2n) is 1.91. The van der Waals surface area contributed by atoms with Crippen molar-refractivity contribution in [3.63, 3.8) is 0 Å².